The van der Waals surface area contributed by atoms with Gasteiger partial charge in [-0.15, -0.1) is 0 Å². The van der Waals surface area contributed by atoms with E-state index < -0.39 is 11.9 Å². The molecule has 1 N–H and O–H groups in total. The lowest BCUT2D eigenvalue weighted by atomic mass is 9.98. The molecular formula is C12H16ClN3O3. The minimum atomic E-state index is -0.810. The zero-order chi connectivity index (χ0) is 14.0. The van der Waals surface area contributed by atoms with Crippen molar-refractivity contribution in [3.8, 4) is 0 Å². The Hall–Kier alpha value is -1.56. The number of aromatic nitrogens is 2. The number of rotatable bonds is 3. The summed E-state index contributed by atoms with van der Waals surface area (Å²) in [5.74, 6) is -1.23. The molecule has 0 radical (unpaired) electrons. The molecular weight excluding hydrogens is 270 g/mol. The van der Waals surface area contributed by atoms with E-state index in [9.17, 15) is 9.59 Å². The molecule has 1 atom stereocenters. The molecule has 1 aliphatic heterocycles. The third kappa shape index (κ3) is 2.73. The maximum atomic E-state index is 11.9. The summed E-state index contributed by atoms with van der Waals surface area (Å²) in [5, 5.41) is 13.2. The number of halogens is 1. The second-order valence-corrected chi connectivity index (χ2v) is 4.97. The smallest absolute Gasteiger partial charge is 0.308 e. The third-order valence-corrected chi connectivity index (χ3v) is 3.73. The van der Waals surface area contributed by atoms with Gasteiger partial charge in [-0.05, 0) is 19.8 Å². The van der Waals surface area contributed by atoms with Gasteiger partial charge in [0.2, 0.25) is 0 Å². The van der Waals surface area contributed by atoms with Gasteiger partial charge in [0.1, 0.15) is 5.02 Å². The number of anilines is 1. The minimum absolute atomic E-state index is 0.114. The molecule has 2 heterocycles. The average Bonchev–Trinajstić information content (AvgIpc) is 2.42. The van der Waals surface area contributed by atoms with E-state index in [-0.39, 0.29) is 10.6 Å². The fraction of sp³-hybridized carbons (Fsp3) is 0.583. The number of nitrogens with zero attached hydrogens (tertiary/aromatic N) is 3. The number of aliphatic carboxylic acids is 1. The van der Waals surface area contributed by atoms with Gasteiger partial charge >= 0.3 is 5.97 Å². The van der Waals surface area contributed by atoms with Crippen molar-refractivity contribution >= 4 is 23.3 Å². The fourth-order valence-electron chi connectivity index (χ4n) is 2.30. The summed E-state index contributed by atoms with van der Waals surface area (Å²) in [6, 6.07) is 0. The Morgan fingerprint density at radius 2 is 2.37 bits per heavy atom. The second-order valence-electron chi connectivity index (χ2n) is 4.59. The SMILES string of the molecule is CCn1ncc(N2CCC[C@@H](C(=O)O)C2)c(Cl)c1=O. The van der Waals surface area contributed by atoms with Crippen molar-refractivity contribution in [2.24, 2.45) is 5.92 Å². The summed E-state index contributed by atoms with van der Waals surface area (Å²) in [7, 11) is 0. The van der Waals surface area contributed by atoms with Gasteiger partial charge in [0.05, 0.1) is 17.8 Å². The van der Waals surface area contributed by atoms with Gasteiger partial charge in [0.15, 0.2) is 0 Å². The lowest BCUT2D eigenvalue weighted by molar-refractivity contribution is -0.141. The van der Waals surface area contributed by atoms with Gasteiger partial charge in [-0.3, -0.25) is 9.59 Å². The summed E-state index contributed by atoms with van der Waals surface area (Å²) in [6.45, 7) is 3.33. The third-order valence-electron chi connectivity index (χ3n) is 3.38. The standard InChI is InChI=1S/C12H16ClN3O3/c1-2-16-11(17)10(13)9(6-14-16)15-5-3-4-8(7-15)12(18)19/h6,8H,2-5,7H2,1H3,(H,18,19)/t8-/m1/s1. The topological polar surface area (TPSA) is 75.4 Å². The van der Waals surface area contributed by atoms with Crippen LogP contribution in [0.15, 0.2) is 11.0 Å². The first-order valence-electron chi connectivity index (χ1n) is 6.28. The fourth-order valence-corrected chi connectivity index (χ4v) is 2.57. The molecule has 1 aromatic rings. The predicted octanol–water partition coefficient (Wildman–Crippen LogP) is 1.22. The molecule has 0 aromatic carbocycles. The summed E-state index contributed by atoms with van der Waals surface area (Å²) in [5.41, 5.74) is 0.196. The second kappa shape index (κ2) is 5.61. The molecule has 0 spiro atoms. The maximum absolute atomic E-state index is 11.9. The van der Waals surface area contributed by atoms with Crippen molar-refractivity contribution in [1.82, 2.24) is 9.78 Å². The molecule has 1 aromatic heterocycles. The Bertz CT molecular complexity index is 544. The van der Waals surface area contributed by atoms with Crippen molar-refractivity contribution in [2.75, 3.05) is 18.0 Å². The number of hydrogen-bond acceptors (Lipinski definition) is 4. The molecule has 6 nitrogen and oxygen atoms in total. The Labute approximate surface area is 115 Å². The lowest BCUT2D eigenvalue weighted by Crippen LogP contribution is -2.40. The number of carboxylic acids is 1. The summed E-state index contributed by atoms with van der Waals surface area (Å²) < 4.78 is 1.28. The highest BCUT2D eigenvalue weighted by Crippen LogP contribution is 2.26. The lowest BCUT2D eigenvalue weighted by Gasteiger charge is -2.32. The Kier molecular flexibility index (Phi) is 4.09. The molecule has 0 unspecified atom stereocenters. The van der Waals surface area contributed by atoms with Crippen LogP contribution in [0.2, 0.25) is 5.02 Å². The number of hydrogen-bond donors (Lipinski definition) is 1. The molecule has 104 valence electrons. The van der Waals surface area contributed by atoms with E-state index in [4.69, 9.17) is 16.7 Å². The summed E-state index contributed by atoms with van der Waals surface area (Å²) >= 11 is 6.08. The molecule has 1 fully saturated rings. The quantitative estimate of drug-likeness (QED) is 0.904. The Morgan fingerprint density at radius 1 is 1.63 bits per heavy atom. The van der Waals surface area contributed by atoms with Gasteiger partial charge in [-0.25, -0.2) is 4.68 Å². The minimum Gasteiger partial charge on any atom is -0.481 e. The van der Waals surface area contributed by atoms with Gasteiger partial charge in [-0.1, -0.05) is 11.6 Å². The van der Waals surface area contributed by atoms with Gasteiger partial charge in [0.25, 0.3) is 5.56 Å². The normalized spacial score (nSPS) is 19.5. The van der Waals surface area contributed by atoms with Crippen LogP contribution >= 0.6 is 11.6 Å². The van der Waals surface area contributed by atoms with Crippen LogP contribution < -0.4 is 10.5 Å². The Balaban J connectivity index is 2.29. The molecule has 0 bridgehead atoms. The molecule has 7 heteroatoms. The molecule has 1 aliphatic rings. The average molecular weight is 286 g/mol. The monoisotopic (exact) mass is 285 g/mol. The van der Waals surface area contributed by atoms with Gasteiger partial charge in [-0.2, -0.15) is 5.10 Å². The zero-order valence-electron chi connectivity index (χ0n) is 10.7. The van der Waals surface area contributed by atoms with E-state index in [0.717, 1.165) is 6.42 Å². The molecule has 19 heavy (non-hydrogen) atoms. The first-order chi connectivity index (χ1) is 9.04. The van der Waals surface area contributed by atoms with Crippen molar-refractivity contribution < 1.29 is 9.90 Å². The van der Waals surface area contributed by atoms with Crippen molar-refractivity contribution in [1.29, 1.82) is 0 Å². The van der Waals surface area contributed by atoms with Crippen LogP contribution in [0.3, 0.4) is 0 Å². The van der Waals surface area contributed by atoms with Crippen LogP contribution in [0.4, 0.5) is 5.69 Å². The van der Waals surface area contributed by atoms with E-state index in [0.29, 0.717) is 31.7 Å². The van der Waals surface area contributed by atoms with Crippen LogP contribution in [-0.4, -0.2) is 33.9 Å². The summed E-state index contributed by atoms with van der Waals surface area (Å²) in [4.78, 5) is 24.8. The van der Waals surface area contributed by atoms with Crippen LogP contribution in [-0.2, 0) is 11.3 Å². The molecule has 0 saturated carbocycles. The summed E-state index contributed by atoms with van der Waals surface area (Å²) in [6.07, 6.45) is 2.96. The maximum Gasteiger partial charge on any atom is 0.308 e. The Morgan fingerprint density at radius 3 is 3.00 bits per heavy atom. The zero-order valence-corrected chi connectivity index (χ0v) is 11.4. The highest BCUT2D eigenvalue weighted by Gasteiger charge is 2.27. The van der Waals surface area contributed by atoms with Crippen LogP contribution in [0.1, 0.15) is 19.8 Å². The number of carbonyl (C=O) groups is 1. The first-order valence-corrected chi connectivity index (χ1v) is 6.65. The highest BCUT2D eigenvalue weighted by molar-refractivity contribution is 6.33. The van der Waals surface area contributed by atoms with Gasteiger partial charge < -0.3 is 10.0 Å². The van der Waals surface area contributed by atoms with E-state index >= 15 is 0 Å². The molecule has 2 rings (SSSR count). The number of carboxylic acid groups (broad SMARTS) is 1. The van der Waals surface area contributed by atoms with E-state index in [1.165, 1.54) is 10.9 Å². The van der Waals surface area contributed by atoms with Crippen LogP contribution in [0.25, 0.3) is 0 Å². The van der Waals surface area contributed by atoms with Crippen LogP contribution in [0, 0.1) is 5.92 Å². The number of piperidine rings is 1. The van der Waals surface area contributed by atoms with E-state index in [1.54, 1.807) is 0 Å². The number of aryl methyl sites for hydroxylation is 1. The largest absolute Gasteiger partial charge is 0.481 e. The molecule has 1 saturated heterocycles. The van der Waals surface area contributed by atoms with E-state index in [1.807, 2.05) is 11.8 Å². The molecule has 0 amide bonds. The van der Waals surface area contributed by atoms with Gasteiger partial charge in [0, 0.05) is 19.6 Å². The van der Waals surface area contributed by atoms with Crippen molar-refractivity contribution in [3.63, 3.8) is 0 Å². The van der Waals surface area contributed by atoms with E-state index in [2.05, 4.69) is 5.10 Å². The molecule has 0 aliphatic carbocycles. The van der Waals surface area contributed by atoms with Crippen molar-refractivity contribution in [3.05, 3.63) is 21.6 Å². The first kappa shape index (κ1) is 13.9. The van der Waals surface area contributed by atoms with Crippen molar-refractivity contribution in [2.45, 2.75) is 26.3 Å². The van der Waals surface area contributed by atoms with Crippen LogP contribution in [0.5, 0.6) is 0 Å². The highest BCUT2D eigenvalue weighted by atomic mass is 35.5. The predicted molar refractivity (Wildman–Crippen MR) is 71.8 cm³/mol.